The highest BCUT2D eigenvalue weighted by Gasteiger charge is 2.29. The van der Waals surface area contributed by atoms with Crippen molar-refractivity contribution in [3.8, 4) is 5.75 Å². The van der Waals surface area contributed by atoms with Crippen LogP contribution in [0, 0.1) is 11.7 Å². The summed E-state index contributed by atoms with van der Waals surface area (Å²) in [4.78, 5) is 23.0. The summed E-state index contributed by atoms with van der Waals surface area (Å²) >= 11 is 0. The molecular formula is C13H15FN2O3. The Morgan fingerprint density at radius 1 is 1.26 bits per heavy atom. The van der Waals surface area contributed by atoms with Gasteiger partial charge in [-0.3, -0.25) is 9.59 Å². The molecule has 1 fully saturated rings. The second kappa shape index (κ2) is 5.69. The highest BCUT2D eigenvalue weighted by atomic mass is 19.1. The van der Waals surface area contributed by atoms with Gasteiger partial charge in [0.25, 0.3) is 5.91 Å². The summed E-state index contributed by atoms with van der Waals surface area (Å²) in [7, 11) is 0. The van der Waals surface area contributed by atoms with Gasteiger partial charge in [0.05, 0.1) is 5.56 Å². The Labute approximate surface area is 109 Å². The van der Waals surface area contributed by atoms with Gasteiger partial charge < -0.3 is 15.7 Å². The number of nitrogens with one attached hydrogen (secondary N) is 2. The molecule has 6 heteroatoms. The lowest BCUT2D eigenvalue weighted by Crippen LogP contribution is -2.35. The van der Waals surface area contributed by atoms with E-state index in [0.717, 1.165) is 25.0 Å². The Balaban J connectivity index is 1.75. The van der Waals surface area contributed by atoms with Crippen molar-refractivity contribution in [2.45, 2.75) is 12.8 Å². The average molecular weight is 266 g/mol. The van der Waals surface area contributed by atoms with Crippen molar-refractivity contribution in [1.82, 2.24) is 10.6 Å². The van der Waals surface area contributed by atoms with E-state index in [2.05, 4.69) is 10.6 Å². The highest BCUT2D eigenvalue weighted by Crippen LogP contribution is 2.28. The first-order chi connectivity index (χ1) is 9.08. The second-order valence-corrected chi connectivity index (χ2v) is 4.48. The van der Waals surface area contributed by atoms with Gasteiger partial charge in [-0.1, -0.05) is 0 Å². The van der Waals surface area contributed by atoms with Crippen LogP contribution in [0.15, 0.2) is 18.2 Å². The molecule has 0 radical (unpaired) electrons. The first-order valence-electron chi connectivity index (χ1n) is 6.12. The number of phenols is 1. The van der Waals surface area contributed by atoms with Gasteiger partial charge in [0.15, 0.2) is 0 Å². The summed E-state index contributed by atoms with van der Waals surface area (Å²) in [5.74, 6) is -1.36. The molecule has 2 amide bonds. The maximum atomic E-state index is 12.7. The molecule has 1 aliphatic rings. The van der Waals surface area contributed by atoms with E-state index in [1.165, 1.54) is 6.07 Å². The molecule has 3 N–H and O–H groups in total. The number of amides is 2. The molecule has 1 aromatic carbocycles. The number of aromatic hydroxyl groups is 1. The van der Waals surface area contributed by atoms with Crippen LogP contribution < -0.4 is 10.6 Å². The van der Waals surface area contributed by atoms with E-state index >= 15 is 0 Å². The van der Waals surface area contributed by atoms with Crippen LogP contribution in [0.3, 0.4) is 0 Å². The van der Waals surface area contributed by atoms with Gasteiger partial charge in [0, 0.05) is 25.1 Å². The largest absolute Gasteiger partial charge is 0.507 e. The van der Waals surface area contributed by atoms with Crippen LogP contribution in [-0.4, -0.2) is 30.0 Å². The van der Waals surface area contributed by atoms with E-state index in [0.29, 0.717) is 6.54 Å². The fourth-order valence-corrected chi connectivity index (χ4v) is 1.64. The summed E-state index contributed by atoms with van der Waals surface area (Å²) in [5, 5.41) is 14.7. The Bertz CT molecular complexity index is 501. The second-order valence-electron chi connectivity index (χ2n) is 4.48. The molecule has 5 nitrogen and oxygen atoms in total. The molecule has 0 spiro atoms. The Kier molecular flexibility index (Phi) is 3.99. The lowest BCUT2D eigenvalue weighted by molar-refractivity contribution is -0.122. The molecule has 0 aromatic heterocycles. The maximum Gasteiger partial charge on any atom is 0.255 e. The normalized spacial score (nSPS) is 13.9. The van der Waals surface area contributed by atoms with Crippen molar-refractivity contribution in [2.75, 3.05) is 13.1 Å². The number of halogens is 1. The standard InChI is InChI=1S/C13H15FN2O3/c14-9-3-4-10(11(17)7-9)13(19)16-6-5-15-12(18)8-1-2-8/h3-4,7-8,17H,1-2,5-6H2,(H,15,18)(H,16,19). The third-order valence-electron chi connectivity index (χ3n) is 2.86. The predicted octanol–water partition coefficient (Wildman–Crippen LogP) is 0.787. The van der Waals surface area contributed by atoms with E-state index in [4.69, 9.17) is 0 Å². The minimum absolute atomic E-state index is 0.00918. The van der Waals surface area contributed by atoms with Crippen molar-refractivity contribution >= 4 is 11.8 Å². The smallest absolute Gasteiger partial charge is 0.255 e. The Hall–Kier alpha value is -2.11. The number of hydrogen-bond donors (Lipinski definition) is 3. The van der Waals surface area contributed by atoms with E-state index in [1.807, 2.05) is 0 Å². The maximum absolute atomic E-state index is 12.7. The van der Waals surface area contributed by atoms with E-state index < -0.39 is 17.5 Å². The van der Waals surface area contributed by atoms with Gasteiger partial charge in [0.2, 0.25) is 5.91 Å². The van der Waals surface area contributed by atoms with Crippen LogP contribution in [0.2, 0.25) is 0 Å². The van der Waals surface area contributed by atoms with Crippen LogP contribution in [0.25, 0.3) is 0 Å². The molecule has 0 bridgehead atoms. The van der Waals surface area contributed by atoms with Crippen molar-refractivity contribution in [3.05, 3.63) is 29.6 Å². The van der Waals surface area contributed by atoms with Gasteiger partial charge >= 0.3 is 0 Å². The minimum atomic E-state index is -0.606. The zero-order valence-electron chi connectivity index (χ0n) is 10.3. The van der Waals surface area contributed by atoms with Crippen molar-refractivity contribution in [2.24, 2.45) is 5.92 Å². The van der Waals surface area contributed by atoms with Crippen LogP contribution in [0.1, 0.15) is 23.2 Å². The summed E-state index contributed by atoms with van der Waals surface area (Å²) in [6.45, 7) is 0.594. The molecule has 19 heavy (non-hydrogen) atoms. The lowest BCUT2D eigenvalue weighted by Gasteiger charge is -2.07. The molecule has 0 saturated heterocycles. The topological polar surface area (TPSA) is 78.4 Å². The third kappa shape index (κ3) is 3.67. The molecular weight excluding hydrogens is 251 g/mol. The summed E-state index contributed by atoms with van der Waals surface area (Å²) in [6, 6.07) is 3.19. The highest BCUT2D eigenvalue weighted by molar-refractivity contribution is 5.96. The van der Waals surface area contributed by atoms with Crippen LogP contribution in [0.5, 0.6) is 5.75 Å². The summed E-state index contributed by atoms with van der Waals surface area (Å²) in [6.07, 6.45) is 1.86. The molecule has 0 unspecified atom stereocenters. The zero-order chi connectivity index (χ0) is 13.8. The lowest BCUT2D eigenvalue weighted by atomic mass is 10.2. The number of hydrogen-bond acceptors (Lipinski definition) is 3. The fraction of sp³-hybridized carbons (Fsp3) is 0.385. The van der Waals surface area contributed by atoms with Crippen molar-refractivity contribution < 1.29 is 19.1 Å². The molecule has 1 aromatic rings. The monoisotopic (exact) mass is 266 g/mol. The van der Waals surface area contributed by atoms with Gasteiger partial charge in [0.1, 0.15) is 11.6 Å². The summed E-state index contributed by atoms with van der Waals surface area (Å²) < 4.78 is 12.7. The molecule has 0 aliphatic heterocycles. The quantitative estimate of drug-likeness (QED) is 0.689. The minimum Gasteiger partial charge on any atom is -0.507 e. The first-order valence-corrected chi connectivity index (χ1v) is 6.12. The number of benzene rings is 1. The van der Waals surface area contributed by atoms with Gasteiger partial charge in [-0.15, -0.1) is 0 Å². The third-order valence-corrected chi connectivity index (χ3v) is 2.86. The van der Waals surface area contributed by atoms with Crippen LogP contribution in [0.4, 0.5) is 4.39 Å². The number of carbonyl (C=O) groups is 2. The van der Waals surface area contributed by atoms with Crippen LogP contribution >= 0.6 is 0 Å². The Morgan fingerprint density at radius 2 is 1.95 bits per heavy atom. The van der Waals surface area contributed by atoms with E-state index in [-0.39, 0.29) is 23.9 Å². The molecule has 0 atom stereocenters. The first kappa shape index (κ1) is 13.3. The SMILES string of the molecule is O=C(NCCNC(=O)C1CC1)c1ccc(F)cc1O. The molecule has 0 heterocycles. The fourth-order valence-electron chi connectivity index (χ4n) is 1.64. The molecule has 1 saturated carbocycles. The molecule has 2 rings (SSSR count). The Morgan fingerprint density at radius 3 is 2.58 bits per heavy atom. The van der Waals surface area contributed by atoms with Gasteiger partial charge in [-0.2, -0.15) is 0 Å². The average Bonchev–Trinajstić information content (AvgIpc) is 3.18. The van der Waals surface area contributed by atoms with Crippen LogP contribution in [-0.2, 0) is 4.79 Å². The van der Waals surface area contributed by atoms with E-state index in [1.54, 1.807) is 0 Å². The van der Waals surface area contributed by atoms with E-state index in [9.17, 15) is 19.1 Å². The van der Waals surface area contributed by atoms with Crippen molar-refractivity contribution in [3.63, 3.8) is 0 Å². The number of phenolic OH excluding ortho intramolecular Hbond substituents is 1. The molecule has 1 aliphatic carbocycles. The summed E-state index contributed by atoms with van der Waals surface area (Å²) in [5.41, 5.74) is 0.00918. The molecule has 102 valence electrons. The van der Waals surface area contributed by atoms with Gasteiger partial charge in [-0.25, -0.2) is 4.39 Å². The number of carbonyl (C=O) groups excluding carboxylic acids is 2. The van der Waals surface area contributed by atoms with Gasteiger partial charge in [-0.05, 0) is 25.0 Å². The number of rotatable bonds is 5. The van der Waals surface area contributed by atoms with Crippen molar-refractivity contribution in [1.29, 1.82) is 0 Å². The zero-order valence-corrected chi connectivity index (χ0v) is 10.3. The predicted molar refractivity (Wildman–Crippen MR) is 66.1 cm³/mol.